The van der Waals surface area contributed by atoms with Gasteiger partial charge in [-0.2, -0.15) is 0 Å². The van der Waals surface area contributed by atoms with E-state index in [0.29, 0.717) is 38.5 Å². The zero-order valence-electron chi connectivity index (χ0n) is 66.6. The number of esters is 4. The fraction of sp³-hybridized carbons (Fsp3) is 0.701. The lowest BCUT2D eigenvalue weighted by molar-refractivity contribution is -0.161. The number of phosphoric ester groups is 2. The molecule has 2 unspecified atom stereocenters. The van der Waals surface area contributed by atoms with Gasteiger partial charge in [-0.3, -0.25) is 37.3 Å². The van der Waals surface area contributed by atoms with Gasteiger partial charge in [0.15, 0.2) is 12.2 Å². The van der Waals surface area contributed by atoms with Gasteiger partial charge in [0, 0.05) is 25.7 Å². The average molecular weight is 1530 g/mol. The number of hydrogen-bond acceptors (Lipinski definition) is 15. The van der Waals surface area contributed by atoms with Crippen molar-refractivity contribution in [1.29, 1.82) is 0 Å². The van der Waals surface area contributed by atoms with Crippen molar-refractivity contribution in [3.05, 3.63) is 134 Å². The lowest BCUT2D eigenvalue weighted by Crippen LogP contribution is -2.30. The van der Waals surface area contributed by atoms with Gasteiger partial charge in [0.05, 0.1) is 26.4 Å². The molecule has 106 heavy (non-hydrogen) atoms. The van der Waals surface area contributed by atoms with Crippen LogP contribution in [0.25, 0.3) is 0 Å². The molecule has 0 heterocycles. The Morgan fingerprint density at radius 1 is 0.264 bits per heavy atom. The molecule has 608 valence electrons. The maximum atomic E-state index is 13.1. The number of unbranched alkanes of at least 4 members (excludes halogenated alkanes) is 29. The number of aliphatic hydroxyl groups is 1. The smallest absolute Gasteiger partial charge is 0.462 e. The van der Waals surface area contributed by atoms with Crippen molar-refractivity contribution in [1.82, 2.24) is 0 Å². The summed E-state index contributed by atoms with van der Waals surface area (Å²) in [6.07, 6.45) is 88.7. The Balaban J connectivity index is 5.48. The first-order chi connectivity index (χ1) is 51.7. The highest BCUT2D eigenvalue weighted by Gasteiger charge is 2.30. The lowest BCUT2D eigenvalue weighted by atomic mass is 10.1. The third kappa shape index (κ3) is 77.4. The molecule has 0 amide bonds. The minimum absolute atomic E-state index is 0.0340. The number of phosphoric acid groups is 2. The molecule has 0 aliphatic carbocycles. The number of carbonyl (C=O) groups excluding carboxylic acids is 4. The second kappa shape index (κ2) is 78.3. The Kier molecular flexibility index (Phi) is 74.8. The normalized spacial score (nSPS) is 14.5. The van der Waals surface area contributed by atoms with Gasteiger partial charge in [-0.25, -0.2) is 9.13 Å². The van der Waals surface area contributed by atoms with Crippen LogP contribution in [0.4, 0.5) is 0 Å². The second-order valence-electron chi connectivity index (χ2n) is 27.3. The molecule has 0 rings (SSSR count). The van der Waals surface area contributed by atoms with Crippen molar-refractivity contribution >= 4 is 39.5 Å². The molecule has 0 aliphatic heterocycles. The first-order valence-corrected chi connectivity index (χ1v) is 44.4. The molecule has 0 spiro atoms. The molecule has 19 heteroatoms. The number of carbonyl (C=O) groups is 4. The van der Waals surface area contributed by atoms with Gasteiger partial charge in [-0.05, 0) is 154 Å². The minimum Gasteiger partial charge on any atom is -0.462 e. The van der Waals surface area contributed by atoms with Crippen molar-refractivity contribution in [2.75, 3.05) is 39.6 Å². The second-order valence-corrected chi connectivity index (χ2v) is 30.3. The highest BCUT2D eigenvalue weighted by atomic mass is 31.2. The van der Waals surface area contributed by atoms with E-state index in [2.05, 4.69) is 137 Å². The number of hydrogen-bond donors (Lipinski definition) is 3. The summed E-state index contributed by atoms with van der Waals surface area (Å²) < 4.78 is 68.6. The van der Waals surface area contributed by atoms with Crippen LogP contribution in [0.2, 0.25) is 0 Å². The minimum atomic E-state index is -5.00. The maximum absolute atomic E-state index is 13.1. The molecule has 0 saturated carbocycles. The zero-order valence-corrected chi connectivity index (χ0v) is 68.4. The van der Waals surface area contributed by atoms with Gasteiger partial charge in [-0.1, -0.05) is 290 Å². The summed E-state index contributed by atoms with van der Waals surface area (Å²) >= 11 is 0. The van der Waals surface area contributed by atoms with Gasteiger partial charge in [0.1, 0.15) is 19.3 Å². The Bertz CT molecular complexity index is 2530. The summed E-state index contributed by atoms with van der Waals surface area (Å²) in [5, 5.41) is 10.7. The van der Waals surface area contributed by atoms with Crippen LogP contribution in [-0.4, -0.2) is 96.7 Å². The van der Waals surface area contributed by atoms with E-state index in [9.17, 15) is 43.2 Å². The predicted octanol–water partition coefficient (Wildman–Crippen LogP) is 24.4. The molecule has 0 aromatic carbocycles. The first kappa shape index (κ1) is 101. The summed E-state index contributed by atoms with van der Waals surface area (Å²) in [5.74, 6) is -2.35. The van der Waals surface area contributed by atoms with E-state index >= 15 is 0 Å². The van der Waals surface area contributed by atoms with Crippen LogP contribution in [0.1, 0.15) is 336 Å². The van der Waals surface area contributed by atoms with Crippen LogP contribution in [0.15, 0.2) is 134 Å². The van der Waals surface area contributed by atoms with Crippen LogP contribution in [0, 0.1) is 0 Å². The van der Waals surface area contributed by atoms with E-state index in [0.717, 1.165) is 141 Å². The van der Waals surface area contributed by atoms with Gasteiger partial charge in [-0.15, -0.1) is 0 Å². The molecule has 0 bridgehead atoms. The predicted molar refractivity (Wildman–Crippen MR) is 436 cm³/mol. The van der Waals surface area contributed by atoms with Gasteiger partial charge < -0.3 is 33.8 Å². The highest BCUT2D eigenvalue weighted by molar-refractivity contribution is 7.47. The molecular formula is C87H148O17P2. The summed E-state index contributed by atoms with van der Waals surface area (Å²) in [6, 6.07) is 0. The molecule has 17 nitrogen and oxygen atoms in total. The first-order valence-electron chi connectivity index (χ1n) is 41.4. The SMILES string of the molecule is CCCCC/C=C\C/C=C\C/C=C\C/C=C\C/C=C\CCC(=O)OC[C@H](COP(=O)(O)OC[C@@H](O)COP(=O)(O)OC[C@@H](COC(=O)CCC/C=C\C/C=C\C/C=C\C/C=C\CCCCC)OC(=O)CCCCCCC/C=C\CCCCCCCC)OC(=O)CCCCCCCCC/C=C\CCCCCC. The summed E-state index contributed by atoms with van der Waals surface area (Å²) in [5.41, 5.74) is 0. The third-order valence-electron chi connectivity index (χ3n) is 17.1. The zero-order chi connectivity index (χ0) is 77.4. The standard InChI is InChI=1S/C87H148O17P2/c1-5-9-13-17-21-25-29-33-37-39-40-42-46-48-52-56-60-64-68-72-85(90)98-78-83(104-87(92)74-70-66-62-58-54-50-44-36-32-28-24-20-16-12-8-4)80-102-106(95,96)100-76-81(88)75-99-105(93,94)101-79-82(103-86(91)73-69-65-61-57-53-49-43-35-31-27-23-19-15-11-7-3)77-97-84(89)71-67-63-59-55-51-47-45-41-38-34-30-26-22-18-14-10-6-2/h21-22,25-26,28,32-35,37-38,40,42-43,45,47-48,52,55,59-60,64,81-83,88H,5-20,23-24,27,29-31,36,39,41,44,46,49-51,53-54,56-58,61-63,65-80H2,1-4H3,(H,93,94)(H,95,96)/b25-21-,26-22-,32-28-,37-33-,38-34-,42-40-,43-35-,47-45-,52-48-,59-55-,64-60-/t81-,82+,83+/m0/s1. The largest absolute Gasteiger partial charge is 0.472 e. The van der Waals surface area contributed by atoms with Gasteiger partial charge in [0.25, 0.3) is 0 Å². The van der Waals surface area contributed by atoms with E-state index < -0.39 is 97.5 Å². The van der Waals surface area contributed by atoms with Crippen molar-refractivity contribution in [3.8, 4) is 0 Å². The number of rotatable bonds is 77. The quantitative estimate of drug-likeness (QED) is 0.0169. The molecule has 3 N–H and O–H groups in total. The fourth-order valence-electron chi connectivity index (χ4n) is 10.7. The summed E-state index contributed by atoms with van der Waals surface area (Å²) in [4.78, 5) is 73.1. The van der Waals surface area contributed by atoms with Crippen LogP contribution >= 0.6 is 15.6 Å². The molecule has 0 aromatic heterocycles. The van der Waals surface area contributed by atoms with Crippen molar-refractivity contribution in [2.24, 2.45) is 0 Å². The molecular weight excluding hydrogens is 1380 g/mol. The summed E-state index contributed by atoms with van der Waals surface area (Å²) in [7, 11) is -10.0. The van der Waals surface area contributed by atoms with Crippen LogP contribution < -0.4 is 0 Å². The van der Waals surface area contributed by atoms with E-state index in [1.54, 1.807) is 0 Å². The average Bonchev–Trinajstić information content (AvgIpc) is 0.909. The molecule has 0 aliphatic rings. The van der Waals surface area contributed by atoms with Gasteiger partial charge >= 0.3 is 39.5 Å². The van der Waals surface area contributed by atoms with E-state index in [1.165, 1.54) is 103 Å². The monoisotopic (exact) mass is 1530 g/mol. The fourth-order valence-corrected chi connectivity index (χ4v) is 12.3. The van der Waals surface area contributed by atoms with E-state index in [1.807, 2.05) is 24.3 Å². The van der Waals surface area contributed by atoms with Crippen molar-refractivity contribution in [2.45, 2.75) is 354 Å². The van der Waals surface area contributed by atoms with Crippen LogP contribution in [0.5, 0.6) is 0 Å². The number of allylic oxidation sites excluding steroid dienone is 22. The third-order valence-corrected chi connectivity index (χ3v) is 19.0. The lowest BCUT2D eigenvalue weighted by Gasteiger charge is -2.21. The van der Waals surface area contributed by atoms with Gasteiger partial charge in [0.2, 0.25) is 0 Å². The molecule has 5 atom stereocenters. The van der Waals surface area contributed by atoms with Crippen LogP contribution in [-0.2, 0) is 65.4 Å². The molecule has 0 aromatic rings. The Labute approximate surface area is 644 Å². The van der Waals surface area contributed by atoms with E-state index in [4.69, 9.17) is 37.0 Å². The molecule has 0 radical (unpaired) electrons. The number of aliphatic hydroxyl groups excluding tert-OH is 1. The highest BCUT2D eigenvalue weighted by Crippen LogP contribution is 2.45. The van der Waals surface area contributed by atoms with E-state index in [-0.39, 0.29) is 25.7 Å². The summed E-state index contributed by atoms with van der Waals surface area (Å²) in [6.45, 7) is 4.67. The van der Waals surface area contributed by atoms with Crippen LogP contribution in [0.3, 0.4) is 0 Å². The molecule has 0 fully saturated rings. The number of ether oxygens (including phenoxy) is 4. The Morgan fingerprint density at radius 3 is 0.830 bits per heavy atom. The maximum Gasteiger partial charge on any atom is 0.472 e. The van der Waals surface area contributed by atoms with Crippen molar-refractivity contribution < 1.29 is 80.2 Å². The van der Waals surface area contributed by atoms with Crippen molar-refractivity contribution in [3.63, 3.8) is 0 Å². The Hall–Kier alpha value is -4.80. The molecule has 0 saturated heterocycles. The Morgan fingerprint density at radius 2 is 0.491 bits per heavy atom. The topological polar surface area (TPSA) is 237 Å².